The first-order valence-corrected chi connectivity index (χ1v) is 8.98. The van der Waals surface area contributed by atoms with Crippen LogP contribution in [0.2, 0.25) is 0 Å². The van der Waals surface area contributed by atoms with E-state index in [2.05, 4.69) is 33.2 Å². The van der Waals surface area contributed by atoms with Crippen molar-refractivity contribution < 1.29 is 4.79 Å². The summed E-state index contributed by atoms with van der Waals surface area (Å²) in [5.74, 6) is 0.806. The summed E-state index contributed by atoms with van der Waals surface area (Å²) in [6.45, 7) is 4.45. The van der Waals surface area contributed by atoms with Gasteiger partial charge in [-0.05, 0) is 48.5 Å². The van der Waals surface area contributed by atoms with Crippen LogP contribution in [-0.4, -0.2) is 49.0 Å². The molecule has 0 spiro atoms. The standard InChI is InChI=1S/C21H23N5O/c1-25-10-12-26(13-11-25)20-14-19(8-9-23-20)16-24-21(27)7-6-17-2-4-18(15-22)5-3-17/h2-9,14H,10-13,16H2,1H3,(H,24,27)/b7-6+. The number of amides is 1. The van der Waals surface area contributed by atoms with E-state index in [1.807, 2.05) is 24.3 Å². The van der Waals surface area contributed by atoms with Crippen LogP contribution >= 0.6 is 0 Å². The number of aromatic nitrogens is 1. The fourth-order valence-corrected chi connectivity index (χ4v) is 2.87. The monoisotopic (exact) mass is 361 g/mol. The first kappa shape index (κ1) is 18.6. The Morgan fingerprint density at radius 3 is 2.67 bits per heavy atom. The topological polar surface area (TPSA) is 72.3 Å². The van der Waals surface area contributed by atoms with Crippen molar-refractivity contribution in [2.45, 2.75) is 6.54 Å². The molecule has 6 heteroatoms. The Hall–Kier alpha value is -3.17. The van der Waals surface area contributed by atoms with E-state index in [1.54, 1.807) is 24.4 Å². The Kier molecular flexibility index (Phi) is 6.18. The van der Waals surface area contributed by atoms with Crippen LogP contribution in [0.25, 0.3) is 6.08 Å². The average Bonchev–Trinajstić information content (AvgIpc) is 2.72. The molecule has 0 unspecified atom stereocenters. The Bertz CT molecular complexity index is 846. The van der Waals surface area contributed by atoms with Gasteiger partial charge in [-0.1, -0.05) is 12.1 Å². The zero-order valence-electron chi connectivity index (χ0n) is 15.4. The number of carbonyl (C=O) groups excluding carboxylic acids is 1. The molecule has 0 bridgehead atoms. The van der Waals surface area contributed by atoms with Crippen molar-refractivity contribution >= 4 is 17.8 Å². The molecule has 1 N–H and O–H groups in total. The van der Waals surface area contributed by atoms with Crippen molar-refractivity contribution in [1.82, 2.24) is 15.2 Å². The van der Waals surface area contributed by atoms with E-state index in [-0.39, 0.29) is 5.91 Å². The highest BCUT2D eigenvalue weighted by Gasteiger charge is 2.15. The van der Waals surface area contributed by atoms with Crippen LogP contribution in [0.1, 0.15) is 16.7 Å². The van der Waals surface area contributed by atoms with Crippen LogP contribution in [0.15, 0.2) is 48.7 Å². The van der Waals surface area contributed by atoms with Crippen molar-refractivity contribution in [3.63, 3.8) is 0 Å². The number of benzene rings is 1. The molecular weight excluding hydrogens is 338 g/mol. The minimum absolute atomic E-state index is 0.155. The molecule has 1 aromatic carbocycles. The Morgan fingerprint density at radius 1 is 1.22 bits per heavy atom. The molecule has 138 valence electrons. The van der Waals surface area contributed by atoms with Gasteiger partial charge in [-0.15, -0.1) is 0 Å². The van der Waals surface area contributed by atoms with Gasteiger partial charge in [0.15, 0.2) is 0 Å². The summed E-state index contributed by atoms with van der Waals surface area (Å²) >= 11 is 0. The van der Waals surface area contributed by atoms with Gasteiger partial charge >= 0.3 is 0 Å². The average molecular weight is 361 g/mol. The molecule has 1 aliphatic rings. The predicted molar refractivity (Wildman–Crippen MR) is 106 cm³/mol. The van der Waals surface area contributed by atoms with Gasteiger partial charge in [0.1, 0.15) is 5.82 Å². The minimum Gasteiger partial charge on any atom is -0.354 e. The summed E-state index contributed by atoms with van der Waals surface area (Å²) in [4.78, 5) is 21.1. The lowest BCUT2D eigenvalue weighted by atomic mass is 10.1. The number of likely N-dealkylation sites (N-methyl/N-ethyl adjacent to an activating group) is 1. The SMILES string of the molecule is CN1CCN(c2cc(CNC(=O)/C=C/c3ccc(C#N)cc3)ccn2)CC1. The normalized spacial score (nSPS) is 14.9. The molecule has 6 nitrogen and oxygen atoms in total. The number of nitrogens with one attached hydrogen (secondary N) is 1. The van der Waals surface area contributed by atoms with Gasteiger partial charge in [0, 0.05) is 45.0 Å². The third kappa shape index (κ3) is 5.40. The predicted octanol–water partition coefficient (Wildman–Crippen LogP) is 2.03. The number of nitriles is 1. The summed E-state index contributed by atoms with van der Waals surface area (Å²) in [7, 11) is 2.13. The van der Waals surface area contributed by atoms with Crippen LogP contribution in [0.4, 0.5) is 5.82 Å². The molecule has 1 saturated heterocycles. The maximum absolute atomic E-state index is 12.1. The van der Waals surface area contributed by atoms with Gasteiger partial charge in [0.05, 0.1) is 11.6 Å². The minimum atomic E-state index is -0.155. The van der Waals surface area contributed by atoms with Crippen molar-refractivity contribution in [1.29, 1.82) is 5.26 Å². The number of hydrogen-bond donors (Lipinski definition) is 1. The number of piperazine rings is 1. The van der Waals surface area contributed by atoms with Crippen molar-refractivity contribution in [2.75, 3.05) is 38.1 Å². The van der Waals surface area contributed by atoms with E-state index in [4.69, 9.17) is 5.26 Å². The molecule has 1 fully saturated rings. The molecular formula is C21H23N5O. The van der Waals surface area contributed by atoms with Gasteiger partial charge in [0.2, 0.25) is 5.91 Å². The Morgan fingerprint density at radius 2 is 1.96 bits per heavy atom. The molecule has 3 rings (SSSR count). The van der Waals surface area contributed by atoms with Gasteiger partial charge in [-0.3, -0.25) is 4.79 Å². The Labute approximate surface area is 159 Å². The van der Waals surface area contributed by atoms with E-state index >= 15 is 0 Å². The third-order valence-corrected chi connectivity index (χ3v) is 4.57. The molecule has 0 radical (unpaired) electrons. The Balaban J connectivity index is 1.53. The van der Waals surface area contributed by atoms with Gasteiger partial charge in [-0.2, -0.15) is 5.26 Å². The number of rotatable bonds is 5. The van der Waals surface area contributed by atoms with E-state index in [0.717, 1.165) is 43.1 Å². The van der Waals surface area contributed by atoms with Gasteiger partial charge in [0.25, 0.3) is 0 Å². The first-order valence-electron chi connectivity index (χ1n) is 8.98. The van der Waals surface area contributed by atoms with Crippen LogP contribution in [0, 0.1) is 11.3 Å². The van der Waals surface area contributed by atoms with E-state index < -0.39 is 0 Å². The summed E-state index contributed by atoms with van der Waals surface area (Å²) in [5, 5.41) is 11.7. The highest BCUT2D eigenvalue weighted by molar-refractivity contribution is 5.91. The fraction of sp³-hybridized carbons (Fsp3) is 0.286. The summed E-state index contributed by atoms with van der Waals surface area (Å²) in [6, 6.07) is 13.1. The molecule has 0 saturated carbocycles. The van der Waals surface area contributed by atoms with Crippen molar-refractivity contribution in [3.05, 3.63) is 65.4 Å². The largest absolute Gasteiger partial charge is 0.354 e. The summed E-state index contributed by atoms with van der Waals surface area (Å²) in [5.41, 5.74) is 2.51. The number of nitrogens with zero attached hydrogens (tertiary/aromatic N) is 4. The molecule has 1 aromatic heterocycles. The zero-order chi connectivity index (χ0) is 19.1. The highest BCUT2D eigenvalue weighted by atomic mass is 16.1. The van der Waals surface area contributed by atoms with E-state index in [9.17, 15) is 4.79 Å². The lowest BCUT2D eigenvalue weighted by molar-refractivity contribution is -0.116. The molecule has 27 heavy (non-hydrogen) atoms. The highest BCUT2D eigenvalue weighted by Crippen LogP contribution is 2.14. The number of pyridine rings is 1. The van der Waals surface area contributed by atoms with Crippen molar-refractivity contribution in [2.24, 2.45) is 0 Å². The second kappa shape index (κ2) is 8.97. The number of carbonyl (C=O) groups is 1. The molecule has 0 atom stereocenters. The quantitative estimate of drug-likeness (QED) is 0.825. The molecule has 1 amide bonds. The number of hydrogen-bond acceptors (Lipinski definition) is 5. The molecule has 2 heterocycles. The number of anilines is 1. The maximum Gasteiger partial charge on any atom is 0.244 e. The van der Waals surface area contributed by atoms with Crippen LogP contribution in [0.3, 0.4) is 0 Å². The smallest absolute Gasteiger partial charge is 0.244 e. The maximum atomic E-state index is 12.1. The van der Waals surface area contributed by atoms with Gasteiger partial charge < -0.3 is 15.1 Å². The third-order valence-electron chi connectivity index (χ3n) is 4.57. The van der Waals surface area contributed by atoms with Crippen LogP contribution in [0.5, 0.6) is 0 Å². The first-order chi connectivity index (χ1) is 13.1. The fourth-order valence-electron chi connectivity index (χ4n) is 2.87. The van der Waals surface area contributed by atoms with E-state index in [0.29, 0.717) is 12.1 Å². The second-order valence-electron chi connectivity index (χ2n) is 6.60. The molecule has 2 aromatic rings. The second-order valence-corrected chi connectivity index (χ2v) is 6.60. The summed E-state index contributed by atoms with van der Waals surface area (Å²) < 4.78 is 0. The molecule has 0 aliphatic carbocycles. The van der Waals surface area contributed by atoms with E-state index in [1.165, 1.54) is 6.08 Å². The summed E-state index contributed by atoms with van der Waals surface area (Å²) in [6.07, 6.45) is 5.03. The lowest BCUT2D eigenvalue weighted by Gasteiger charge is -2.33. The van der Waals surface area contributed by atoms with Crippen LogP contribution in [-0.2, 0) is 11.3 Å². The molecule has 1 aliphatic heterocycles. The lowest BCUT2D eigenvalue weighted by Crippen LogP contribution is -2.44. The van der Waals surface area contributed by atoms with Crippen LogP contribution < -0.4 is 10.2 Å². The van der Waals surface area contributed by atoms with Crippen molar-refractivity contribution in [3.8, 4) is 6.07 Å². The zero-order valence-corrected chi connectivity index (χ0v) is 15.4. The van der Waals surface area contributed by atoms with Gasteiger partial charge in [-0.25, -0.2) is 4.98 Å².